The van der Waals surface area contributed by atoms with Crippen molar-refractivity contribution in [1.29, 1.82) is 0 Å². The summed E-state index contributed by atoms with van der Waals surface area (Å²) in [5.41, 5.74) is 0. The Hall–Kier alpha value is -2.77. The van der Waals surface area contributed by atoms with Crippen LogP contribution in [-0.4, -0.2) is 40.8 Å². The second-order valence-corrected chi connectivity index (χ2v) is 5.14. The lowest BCUT2D eigenvalue weighted by Crippen LogP contribution is -2.40. The van der Waals surface area contributed by atoms with Crippen LogP contribution in [0.5, 0.6) is 11.5 Å². The maximum atomic E-state index is 11.0. The number of benzene rings is 1. The molecular formula is C14H16N4O4. The Labute approximate surface area is 127 Å². The maximum absolute atomic E-state index is 11.0. The van der Waals surface area contributed by atoms with Crippen LogP contribution >= 0.6 is 0 Å². The number of nitro groups is 1. The fourth-order valence-electron chi connectivity index (χ4n) is 2.53. The number of aryl methyl sites for hydroxylation is 1. The van der Waals surface area contributed by atoms with Gasteiger partial charge in [-0.3, -0.25) is 4.57 Å². The predicted molar refractivity (Wildman–Crippen MR) is 79.5 cm³/mol. The van der Waals surface area contributed by atoms with Crippen molar-refractivity contribution in [3.63, 3.8) is 0 Å². The van der Waals surface area contributed by atoms with E-state index < -0.39 is 4.92 Å². The van der Waals surface area contributed by atoms with Crippen molar-refractivity contribution in [3.05, 3.63) is 40.7 Å². The van der Waals surface area contributed by atoms with Gasteiger partial charge in [0.05, 0.1) is 6.54 Å². The van der Waals surface area contributed by atoms with Crippen LogP contribution in [-0.2, 0) is 7.05 Å². The van der Waals surface area contributed by atoms with Gasteiger partial charge < -0.3 is 24.5 Å². The van der Waals surface area contributed by atoms with Crippen LogP contribution in [0.4, 0.5) is 11.6 Å². The molecule has 2 heterocycles. The molecule has 2 aromatic rings. The molecule has 0 saturated carbocycles. The smallest absolute Gasteiger partial charge is 0.406 e. The molecule has 0 saturated heterocycles. The Morgan fingerprint density at radius 1 is 1.45 bits per heavy atom. The van der Waals surface area contributed by atoms with Gasteiger partial charge in [0.15, 0.2) is 17.6 Å². The average Bonchev–Trinajstić information content (AvgIpc) is 2.89. The molecule has 0 bridgehead atoms. The maximum Gasteiger partial charge on any atom is 0.406 e. The van der Waals surface area contributed by atoms with Gasteiger partial charge in [-0.25, -0.2) is 0 Å². The first kappa shape index (κ1) is 14.2. The van der Waals surface area contributed by atoms with E-state index in [2.05, 4.69) is 4.98 Å². The number of fused-ring (bicyclic) bond motifs is 1. The van der Waals surface area contributed by atoms with Crippen molar-refractivity contribution in [3.8, 4) is 11.5 Å². The molecule has 0 radical (unpaired) electrons. The summed E-state index contributed by atoms with van der Waals surface area (Å²) >= 11 is 0. The van der Waals surface area contributed by atoms with Gasteiger partial charge in [0, 0.05) is 14.1 Å². The molecular weight excluding hydrogens is 288 g/mol. The number of nitrogens with zero attached hydrogens (tertiary/aromatic N) is 4. The number of para-hydroxylation sites is 2. The Kier molecular flexibility index (Phi) is 3.58. The SMILES string of the molecule is CN(CC1COc2ccccc2O1)c1c([N+](=O)[O-])ncn1C. The highest BCUT2D eigenvalue weighted by atomic mass is 16.6. The van der Waals surface area contributed by atoms with Gasteiger partial charge in [0.1, 0.15) is 6.61 Å². The van der Waals surface area contributed by atoms with E-state index in [1.165, 1.54) is 6.33 Å². The van der Waals surface area contributed by atoms with Crippen LogP contribution in [0.15, 0.2) is 30.6 Å². The minimum atomic E-state index is -0.487. The molecule has 1 aliphatic rings. The fraction of sp³-hybridized carbons (Fsp3) is 0.357. The molecule has 0 N–H and O–H groups in total. The van der Waals surface area contributed by atoms with Gasteiger partial charge in [-0.2, -0.15) is 0 Å². The van der Waals surface area contributed by atoms with Crippen molar-refractivity contribution < 1.29 is 14.4 Å². The van der Waals surface area contributed by atoms with E-state index >= 15 is 0 Å². The number of aromatic nitrogens is 2. The van der Waals surface area contributed by atoms with Crippen LogP contribution in [0, 0.1) is 10.1 Å². The van der Waals surface area contributed by atoms with Crippen molar-refractivity contribution >= 4 is 11.6 Å². The van der Waals surface area contributed by atoms with Gasteiger partial charge in [0.25, 0.3) is 0 Å². The first-order chi connectivity index (χ1) is 10.6. The Balaban J connectivity index is 1.75. The minimum absolute atomic E-state index is 0.165. The van der Waals surface area contributed by atoms with Crippen LogP contribution in [0.2, 0.25) is 0 Å². The summed E-state index contributed by atoms with van der Waals surface area (Å²) in [7, 11) is 3.49. The van der Waals surface area contributed by atoms with Gasteiger partial charge in [-0.05, 0) is 22.0 Å². The van der Waals surface area contributed by atoms with E-state index in [0.717, 1.165) is 0 Å². The summed E-state index contributed by atoms with van der Waals surface area (Å²) in [6, 6.07) is 7.45. The number of rotatable bonds is 4. The number of imidazole rings is 1. The normalized spacial score (nSPS) is 16.4. The Bertz CT molecular complexity index is 700. The van der Waals surface area contributed by atoms with Crippen LogP contribution in [0.3, 0.4) is 0 Å². The van der Waals surface area contributed by atoms with E-state index in [1.807, 2.05) is 24.3 Å². The first-order valence-electron chi connectivity index (χ1n) is 6.81. The van der Waals surface area contributed by atoms with Crippen LogP contribution < -0.4 is 14.4 Å². The van der Waals surface area contributed by atoms with Crippen molar-refractivity contribution in [1.82, 2.24) is 9.55 Å². The largest absolute Gasteiger partial charge is 0.486 e. The van der Waals surface area contributed by atoms with E-state index in [-0.39, 0.29) is 11.9 Å². The molecule has 0 spiro atoms. The zero-order valence-corrected chi connectivity index (χ0v) is 12.3. The molecule has 1 atom stereocenters. The second kappa shape index (κ2) is 5.55. The molecule has 0 fully saturated rings. The molecule has 1 aromatic carbocycles. The van der Waals surface area contributed by atoms with E-state index in [9.17, 15) is 10.1 Å². The fourth-order valence-corrected chi connectivity index (χ4v) is 2.53. The number of anilines is 1. The van der Waals surface area contributed by atoms with Gasteiger partial charge in [-0.15, -0.1) is 0 Å². The molecule has 1 aliphatic heterocycles. The third kappa shape index (κ3) is 2.54. The highest BCUT2D eigenvalue weighted by Gasteiger charge is 2.28. The van der Waals surface area contributed by atoms with Gasteiger partial charge in [0.2, 0.25) is 12.1 Å². The third-order valence-electron chi connectivity index (χ3n) is 3.47. The number of hydrogen-bond acceptors (Lipinski definition) is 6. The predicted octanol–water partition coefficient (Wildman–Crippen LogP) is 1.60. The molecule has 22 heavy (non-hydrogen) atoms. The molecule has 0 aliphatic carbocycles. The molecule has 3 rings (SSSR count). The highest BCUT2D eigenvalue weighted by Crippen LogP contribution is 2.32. The quantitative estimate of drug-likeness (QED) is 0.630. The van der Waals surface area contributed by atoms with Gasteiger partial charge in [-0.1, -0.05) is 12.1 Å². The zero-order chi connectivity index (χ0) is 15.7. The zero-order valence-electron chi connectivity index (χ0n) is 12.3. The third-order valence-corrected chi connectivity index (χ3v) is 3.47. The Morgan fingerprint density at radius 2 is 2.18 bits per heavy atom. The molecule has 1 unspecified atom stereocenters. The first-order valence-corrected chi connectivity index (χ1v) is 6.81. The molecule has 8 heteroatoms. The summed E-state index contributed by atoms with van der Waals surface area (Å²) < 4.78 is 13.1. The standard InChI is InChI=1S/C14H16N4O4/c1-16(14-13(18(19)20)15-9-17(14)2)7-10-8-21-11-5-3-4-6-12(11)22-10/h3-6,9-10H,7-8H2,1-2H3. The monoisotopic (exact) mass is 304 g/mol. The van der Waals surface area contributed by atoms with E-state index in [0.29, 0.717) is 30.5 Å². The van der Waals surface area contributed by atoms with Crippen LogP contribution in [0.25, 0.3) is 0 Å². The van der Waals surface area contributed by atoms with Crippen LogP contribution in [0.1, 0.15) is 0 Å². The lowest BCUT2D eigenvalue weighted by molar-refractivity contribution is -0.388. The topological polar surface area (TPSA) is 82.7 Å². The lowest BCUT2D eigenvalue weighted by atomic mass is 10.2. The Morgan fingerprint density at radius 3 is 2.91 bits per heavy atom. The summed E-state index contributed by atoms with van der Waals surface area (Å²) in [6.45, 7) is 0.849. The molecule has 116 valence electrons. The molecule has 0 amide bonds. The van der Waals surface area contributed by atoms with Crippen molar-refractivity contribution in [2.75, 3.05) is 25.1 Å². The number of ether oxygens (including phenoxy) is 2. The number of hydrogen-bond donors (Lipinski definition) is 0. The second-order valence-electron chi connectivity index (χ2n) is 5.14. The highest BCUT2D eigenvalue weighted by molar-refractivity contribution is 5.54. The van der Waals surface area contributed by atoms with Crippen molar-refractivity contribution in [2.24, 2.45) is 7.05 Å². The molecule has 1 aromatic heterocycles. The average molecular weight is 304 g/mol. The molecule has 8 nitrogen and oxygen atoms in total. The summed E-state index contributed by atoms with van der Waals surface area (Å²) in [6.07, 6.45) is 1.21. The van der Waals surface area contributed by atoms with E-state index in [1.54, 1.807) is 23.6 Å². The van der Waals surface area contributed by atoms with E-state index in [4.69, 9.17) is 9.47 Å². The van der Waals surface area contributed by atoms with Gasteiger partial charge >= 0.3 is 5.82 Å². The van der Waals surface area contributed by atoms with Crippen molar-refractivity contribution in [2.45, 2.75) is 6.10 Å². The lowest BCUT2D eigenvalue weighted by Gasteiger charge is -2.30. The number of likely N-dealkylation sites (N-methyl/N-ethyl adjacent to an activating group) is 1. The summed E-state index contributed by atoms with van der Waals surface area (Å²) in [4.78, 5) is 16.1. The minimum Gasteiger partial charge on any atom is -0.486 e. The summed E-state index contributed by atoms with van der Waals surface area (Å²) in [5, 5.41) is 11.0. The summed E-state index contributed by atoms with van der Waals surface area (Å²) in [5.74, 6) is 1.68.